The first-order valence-corrected chi connectivity index (χ1v) is 8.11. The van der Waals surface area contributed by atoms with Gasteiger partial charge in [-0.15, -0.1) is 0 Å². The summed E-state index contributed by atoms with van der Waals surface area (Å²) >= 11 is 5.69. The SMILES string of the molecule is O=C(Nc1ccc(-n2nc(C(F)(F)F)cc2C(F)(F)F)cc1)c1ccnc(Cl)c1. The summed E-state index contributed by atoms with van der Waals surface area (Å²) in [5.41, 5.74) is -3.12. The summed E-state index contributed by atoms with van der Waals surface area (Å²) in [7, 11) is 0. The fraction of sp³-hybridized carbons (Fsp3) is 0.118. The summed E-state index contributed by atoms with van der Waals surface area (Å²) in [6.45, 7) is 0. The van der Waals surface area contributed by atoms with Crippen molar-refractivity contribution in [2.24, 2.45) is 0 Å². The molecule has 0 atom stereocenters. The lowest BCUT2D eigenvalue weighted by Gasteiger charge is -2.11. The molecule has 12 heteroatoms. The molecule has 1 aromatic carbocycles. The molecule has 2 heterocycles. The molecule has 0 aliphatic carbocycles. The van der Waals surface area contributed by atoms with Gasteiger partial charge < -0.3 is 5.32 Å². The molecule has 1 N–H and O–H groups in total. The molecule has 0 spiro atoms. The Labute approximate surface area is 163 Å². The Bertz CT molecular complexity index is 1040. The van der Waals surface area contributed by atoms with Gasteiger partial charge in [-0.05, 0) is 36.4 Å². The first-order valence-electron chi connectivity index (χ1n) is 7.73. The van der Waals surface area contributed by atoms with Crippen LogP contribution in [0.1, 0.15) is 21.7 Å². The average Bonchev–Trinajstić information content (AvgIpc) is 3.08. The standard InChI is InChI=1S/C17H9ClF6N4O/c18-14-7-9(5-6-25-14)15(29)26-10-1-3-11(4-2-10)28-13(17(22,23)24)8-12(27-28)16(19,20)21/h1-8H,(H,26,29). The number of hydrogen-bond donors (Lipinski definition) is 1. The van der Waals surface area contributed by atoms with Crippen molar-refractivity contribution >= 4 is 23.2 Å². The number of nitrogens with zero attached hydrogens (tertiary/aromatic N) is 3. The fourth-order valence-electron chi connectivity index (χ4n) is 2.35. The van der Waals surface area contributed by atoms with E-state index in [9.17, 15) is 31.1 Å². The second kappa shape index (κ2) is 7.39. The number of nitrogens with one attached hydrogen (secondary N) is 1. The van der Waals surface area contributed by atoms with Crippen LogP contribution in [0.5, 0.6) is 0 Å². The molecule has 29 heavy (non-hydrogen) atoms. The van der Waals surface area contributed by atoms with Crippen molar-refractivity contribution in [3.8, 4) is 5.69 Å². The van der Waals surface area contributed by atoms with Crippen LogP contribution in [-0.4, -0.2) is 20.7 Å². The Balaban J connectivity index is 1.89. The number of rotatable bonds is 3. The molecule has 2 aromatic heterocycles. The first-order chi connectivity index (χ1) is 13.4. The summed E-state index contributed by atoms with van der Waals surface area (Å²) < 4.78 is 77.8. The number of hydrogen-bond acceptors (Lipinski definition) is 3. The molecule has 1 amide bonds. The molecule has 0 bridgehead atoms. The van der Waals surface area contributed by atoms with Gasteiger partial charge in [0, 0.05) is 23.5 Å². The van der Waals surface area contributed by atoms with E-state index in [1.807, 2.05) is 0 Å². The normalized spacial score (nSPS) is 12.1. The highest BCUT2D eigenvalue weighted by atomic mass is 35.5. The van der Waals surface area contributed by atoms with E-state index in [1.165, 1.54) is 30.5 Å². The molecule has 0 aliphatic heterocycles. The number of anilines is 1. The Hall–Kier alpha value is -3.08. The van der Waals surface area contributed by atoms with Crippen molar-refractivity contribution in [2.45, 2.75) is 12.4 Å². The van der Waals surface area contributed by atoms with Crippen LogP contribution in [0.25, 0.3) is 5.69 Å². The van der Waals surface area contributed by atoms with Crippen molar-refractivity contribution in [1.29, 1.82) is 0 Å². The van der Waals surface area contributed by atoms with Gasteiger partial charge in [0.25, 0.3) is 5.91 Å². The molecule has 3 rings (SSSR count). The number of aromatic nitrogens is 3. The number of carbonyl (C=O) groups excluding carboxylic acids is 1. The van der Waals surface area contributed by atoms with Gasteiger partial charge in [-0.25, -0.2) is 9.67 Å². The highest BCUT2D eigenvalue weighted by Gasteiger charge is 2.42. The van der Waals surface area contributed by atoms with Gasteiger partial charge in [-0.3, -0.25) is 4.79 Å². The van der Waals surface area contributed by atoms with E-state index < -0.39 is 29.6 Å². The van der Waals surface area contributed by atoms with Gasteiger partial charge in [0.15, 0.2) is 5.69 Å². The minimum absolute atomic E-state index is 0.0666. The van der Waals surface area contributed by atoms with Crippen LogP contribution in [0, 0.1) is 0 Å². The van der Waals surface area contributed by atoms with E-state index in [-0.39, 0.29) is 32.8 Å². The summed E-state index contributed by atoms with van der Waals surface area (Å²) in [6.07, 6.45) is -8.77. The molecule has 0 unspecified atom stereocenters. The van der Waals surface area contributed by atoms with Crippen LogP contribution in [-0.2, 0) is 12.4 Å². The van der Waals surface area contributed by atoms with Crippen molar-refractivity contribution in [2.75, 3.05) is 5.32 Å². The Kier molecular flexibility index (Phi) is 5.26. The van der Waals surface area contributed by atoms with Crippen molar-refractivity contribution in [3.63, 3.8) is 0 Å². The number of benzene rings is 1. The molecule has 152 valence electrons. The van der Waals surface area contributed by atoms with Gasteiger partial charge in [0.1, 0.15) is 10.8 Å². The van der Waals surface area contributed by atoms with Crippen molar-refractivity contribution in [3.05, 3.63) is 70.8 Å². The van der Waals surface area contributed by atoms with Crippen molar-refractivity contribution in [1.82, 2.24) is 14.8 Å². The molecule has 3 aromatic rings. The number of carbonyl (C=O) groups is 1. The first kappa shape index (κ1) is 20.6. The van der Waals surface area contributed by atoms with E-state index >= 15 is 0 Å². The minimum Gasteiger partial charge on any atom is -0.322 e. The van der Waals surface area contributed by atoms with Crippen LogP contribution in [0.4, 0.5) is 32.0 Å². The maximum absolute atomic E-state index is 13.1. The number of pyridine rings is 1. The summed E-state index contributed by atoms with van der Waals surface area (Å²) in [4.78, 5) is 15.9. The predicted molar refractivity (Wildman–Crippen MR) is 90.8 cm³/mol. The monoisotopic (exact) mass is 434 g/mol. The second-order valence-electron chi connectivity index (χ2n) is 5.69. The zero-order valence-electron chi connectivity index (χ0n) is 14.0. The van der Waals surface area contributed by atoms with Gasteiger partial charge in [-0.2, -0.15) is 31.4 Å². The molecule has 0 saturated heterocycles. The van der Waals surface area contributed by atoms with E-state index in [2.05, 4.69) is 15.4 Å². The lowest BCUT2D eigenvalue weighted by molar-refractivity contribution is -0.143. The Morgan fingerprint density at radius 1 is 0.966 bits per heavy atom. The van der Waals surface area contributed by atoms with Gasteiger partial charge >= 0.3 is 12.4 Å². The number of alkyl halides is 6. The quantitative estimate of drug-likeness (QED) is 0.455. The predicted octanol–water partition coefficient (Wildman–Crippen LogP) is 5.21. The zero-order valence-corrected chi connectivity index (χ0v) is 14.8. The second-order valence-corrected chi connectivity index (χ2v) is 6.08. The lowest BCUT2D eigenvalue weighted by Crippen LogP contribution is -2.14. The molecule has 5 nitrogen and oxygen atoms in total. The van der Waals surface area contributed by atoms with Crippen molar-refractivity contribution < 1.29 is 31.1 Å². The van der Waals surface area contributed by atoms with Crippen LogP contribution in [0.15, 0.2) is 48.7 Å². The average molecular weight is 435 g/mol. The van der Waals surface area contributed by atoms with E-state index in [0.717, 1.165) is 12.1 Å². The number of amides is 1. The smallest absolute Gasteiger partial charge is 0.322 e. The lowest BCUT2D eigenvalue weighted by atomic mass is 10.2. The zero-order chi connectivity index (χ0) is 21.4. The van der Waals surface area contributed by atoms with Gasteiger partial charge in [0.2, 0.25) is 0 Å². The fourth-order valence-corrected chi connectivity index (χ4v) is 2.53. The summed E-state index contributed by atoms with van der Waals surface area (Å²) in [6, 6.07) is 7.28. The molecule has 0 fully saturated rings. The summed E-state index contributed by atoms with van der Waals surface area (Å²) in [5, 5.41) is 5.60. The Morgan fingerprint density at radius 2 is 1.62 bits per heavy atom. The molecule has 0 aliphatic rings. The van der Waals surface area contributed by atoms with Crippen LogP contribution in [0.2, 0.25) is 5.15 Å². The third-order valence-electron chi connectivity index (χ3n) is 3.65. The van der Waals surface area contributed by atoms with Gasteiger partial charge in [0.05, 0.1) is 5.69 Å². The van der Waals surface area contributed by atoms with Crippen LogP contribution >= 0.6 is 11.6 Å². The molecule has 0 radical (unpaired) electrons. The highest BCUT2D eigenvalue weighted by molar-refractivity contribution is 6.29. The van der Waals surface area contributed by atoms with E-state index in [0.29, 0.717) is 0 Å². The molecular formula is C17H9ClF6N4O. The largest absolute Gasteiger partial charge is 0.435 e. The Morgan fingerprint density at radius 3 is 2.17 bits per heavy atom. The van der Waals surface area contributed by atoms with Crippen LogP contribution in [0.3, 0.4) is 0 Å². The maximum Gasteiger partial charge on any atom is 0.435 e. The third-order valence-corrected chi connectivity index (χ3v) is 3.86. The highest BCUT2D eigenvalue weighted by Crippen LogP contribution is 2.36. The van der Waals surface area contributed by atoms with E-state index in [4.69, 9.17) is 11.6 Å². The maximum atomic E-state index is 13.1. The van der Waals surface area contributed by atoms with E-state index in [1.54, 1.807) is 0 Å². The topological polar surface area (TPSA) is 59.8 Å². The summed E-state index contributed by atoms with van der Waals surface area (Å²) in [5.74, 6) is -0.559. The third kappa shape index (κ3) is 4.67. The van der Waals surface area contributed by atoms with Crippen LogP contribution < -0.4 is 5.32 Å². The van der Waals surface area contributed by atoms with Gasteiger partial charge in [-0.1, -0.05) is 11.6 Å². The molecular weight excluding hydrogens is 426 g/mol. The number of halogens is 7. The molecule has 0 saturated carbocycles. The minimum atomic E-state index is -5.05.